The Kier molecular flexibility index (Phi) is 3.88. The molecule has 3 nitrogen and oxygen atoms in total. The van der Waals surface area contributed by atoms with Gasteiger partial charge in [0.2, 0.25) is 0 Å². The van der Waals surface area contributed by atoms with Crippen molar-refractivity contribution < 1.29 is 9.53 Å². The van der Waals surface area contributed by atoms with Gasteiger partial charge in [-0.2, -0.15) is 0 Å². The fourth-order valence-corrected chi connectivity index (χ4v) is 2.97. The highest BCUT2D eigenvalue weighted by Gasteiger charge is 2.30. The fraction of sp³-hybridized carbons (Fsp3) is 0.316. The molecular weight excluding hydrogens is 274 g/mol. The Bertz CT molecular complexity index is 676. The number of hydrogen-bond donors (Lipinski definition) is 0. The standard InChI is InChI=1S/C19H21NO2/c1-13(2)22-16-10-8-14(9-11-16)18-12-15-6-4-5-7-17(15)19(21)20(18)3/h4-11,13,18H,12H2,1-3H3. The topological polar surface area (TPSA) is 29.5 Å². The Balaban J connectivity index is 1.88. The van der Waals surface area contributed by atoms with Gasteiger partial charge in [-0.3, -0.25) is 4.79 Å². The number of likely N-dealkylation sites (N-methyl/N-ethyl adjacent to an activating group) is 1. The number of rotatable bonds is 3. The lowest BCUT2D eigenvalue weighted by Gasteiger charge is -2.34. The highest BCUT2D eigenvalue weighted by Crippen LogP contribution is 2.32. The van der Waals surface area contributed by atoms with Crippen molar-refractivity contribution in [1.82, 2.24) is 4.90 Å². The number of hydrogen-bond acceptors (Lipinski definition) is 2. The van der Waals surface area contributed by atoms with Crippen molar-refractivity contribution in [2.45, 2.75) is 32.4 Å². The molecular formula is C19H21NO2. The first kappa shape index (κ1) is 14.6. The molecule has 114 valence electrons. The molecule has 0 bridgehead atoms. The number of nitrogens with zero attached hydrogens (tertiary/aromatic N) is 1. The van der Waals surface area contributed by atoms with E-state index >= 15 is 0 Å². The molecule has 1 aliphatic heterocycles. The van der Waals surface area contributed by atoms with Gasteiger partial charge in [0, 0.05) is 12.6 Å². The average Bonchev–Trinajstić information content (AvgIpc) is 2.51. The number of amides is 1. The van der Waals surface area contributed by atoms with Gasteiger partial charge >= 0.3 is 0 Å². The molecule has 2 aromatic rings. The van der Waals surface area contributed by atoms with Crippen LogP contribution in [0.5, 0.6) is 5.75 Å². The molecule has 22 heavy (non-hydrogen) atoms. The molecule has 0 saturated carbocycles. The summed E-state index contributed by atoms with van der Waals surface area (Å²) < 4.78 is 5.68. The van der Waals surface area contributed by atoms with Crippen molar-refractivity contribution in [3.8, 4) is 5.75 Å². The molecule has 1 aliphatic rings. The first-order chi connectivity index (χ1) is 10.6. The van der Waals surface area contributed by atoms with E-state index in [1.807, 2.05) is 62.2 Å². The smallest absolute Gasteiger partial charge is 0.254 e. The second-order valence-electron chi connectivity index (χ2n) is 6.03. The molecule has 3 rings (SSSR count). The van der Waals surface area contributed by atoms with Crippen LogP contribution in [-0.2, 0) is 6.42 Å². The maximum Gasteiger partial charge on any atom is 0.254 e. The zero-order valence-corrected chi connectivity index (χ0v) is 13.2. The van der Waals surface area contributed by atoms with Crippen LogP contribution in [0.3, 0.4) is 0 Å². The normalized spacial score (nSPS) is 17.5. The van der Waals surface area contributed by atoms with Gasteiger partial charge in [-0.05, 0) is 49.6 Å². The maximum absolute atomic E-state index is 12.5. The molecule has 0 radical (unpaired) electrons. The van der Waals surface area contributed by atoms with Crippen molar-refractivity contribution in [3.63, 3.8) is 0 Å². The Morgan fingerprint density at radius 3 is 2.45 bits per heavy atom. The SMILES string of the molecule is CC(C)Oc1ccc(C2Cc3ccccc3C(=O)N2C)cc1. The zero-order chi connectivity index (χ0) is 15.7. The van der Waals surface area contributed by atoms with E-state index in [2.05, 4.69) is 12.1 Å². The average molecular weight is 295 g/mol. The predicted molar refractivity (Wildman–Crippen MR) is 87.2 cm³/mol. The molecule has 1 amide bonds. The summed E-state index contributed by atoms with van der Waals surface area (Å²) >= 11 is 0. The molecule has 1 atom stereocenters. The molecule has 1 unspecified atom stereocenters. The fourth-order valence-electron chi connectivity index (χ4n) is 2.97. The van der Waals surface area contributed by atoms with Crippen molar-refractivity contribution in [3.05, 3.63) is 65.2 Å². The lowest BCUT2D eigenvalue weighted by Crippen LogP contribution is -2.37. The van der Waals surface area contributed by atoms with Crippen molar-refractivity contribution in [2.75, 3.05) is 7.05 Å². The highest BCUT2D eigenvalue weighted by molar-refractivity contribution is 5.97. The van der Waals surface area contributed by atoms with Crippen molar-refractivity contribution in [2.24, 2.45) is 0 Å². The molecule has 3 heteroatoms. The summed E-state index contributed by atoms with van der Waals surface area (Å²) in [7, 11) is 1.88. The molecule has 0 N–H and O–H groups in total. The van der Waals surface area contributed by atoms with Gasteiger partial charge in [0.05, 0.1) is 12.1 Å². The number of fused-ring (bicyclic) bond motifs is 1. The minimum atomic E-state index is 0.0792. The molecule has 0 spiro atoms. The van der Waals surface area contributed by atoms with Crippen molar-refractivity contribution in [1.29, 1.82) is 0 Å². The Labute approximate surface area is 131 Å². The van der Waals surface area contributed by atoms with E-state index in [0.717, 1.165) is 28.9 Å². The number of ether oxygens (including phenoxy) is 1. The number of carbonyl (C=O) groups is 1. The van der Waals surface area contributed by atoms with Crippen LogP contribution < -0.4 is 4.74 Å². The second-order valence-corrected chi connectivity index (χ2v) is 6.03. The number of benzene rings is 2. The molecule has 0 aromatic heterocycles. The molecule has 0 saturated heterocycles. The summed E-state index contributed by atoms with van der Waals surface area (Å²) in [4.78, 5) is 14.3. The lowest BCUT2D eigenvalue weighted by molar-refractivity contribution is 0.0705. The third-order valence-electron chi connectivity index (χ3n) is 4.09. The first-order valence-electron chi connectivity index (χ1n) is 7.68. The summed E-state index contributed by atoms with van der Waals surface area (Å²) in [5, 5.41) is 0. The van der Waals surface area contributed by atoms with E-state index in [0.29, 0.717) is 0 Å². The van der Waals surface area contributed by atoms with Crippen LogP contribution in [0.15, 0.2) is 48.5 Å². The van der Waals surface area contributed by atoms with Crippen LogP contribution in [0, 0.1) is 0 Å². The predicted octanol–water partition coefficient (Wildman–Crippen LogP) is 3.84. The number of carbonyl (C=O) groups excluding carboxylic acids is 1. The second kappa shape index (κ2) is 5.84. The summed E-state index contributed by atoms with van der Waals surface area (Å²) in [5.74, 6) is 0.957. The van der Waals surface area contributed by atoms with E-state index in [1.54, 1.807) is 0 Å². The minimum Gasteiger partial charge on any atom is -0.491 e. The van der Waals surface area contributed by atoms with Crippen LogP contribution in [0.25, 0.3) is 0 Å². The molecule has 2 aromatic carbocycles. The van der Waals surface area contributed by atoms with E-state index in [-0.39, 0.29) is 18.1 Å². The Morgan fingerprint density at radius 2 is 1.77 bits per heavy atom. The van der Waals surface area contributed by atoms with E-state index in [9.17, 15) is 4.79 Å². The molecule has 1 heterocycles. The van der Waals surface area contributed by atoms with E-state index in [1.165, 1.54) is 0 Å². The largest absolute Gasteiger partial charge is 0.491 e. The van der Waals surface area contributed by atoms with Gasteiger partial charge < -0.3 is 9.64 Å². The maximum atomic E-state index is 12.5. The van der Waals surface area contributed by atoms with Gasteiger partial charge in [0.25, 0.3) is 5.91 Å². The Hall–Kier alpha value is -2.29. The van der Waals surface area contributed by atoms with Gasteiger partial charge in [0.15, 0.2) is 0 Å². The van der Waals surface area contributed by atoms with Crippen LogP contribution in [0.2, 0.25) is 0 Å². The van der Waals surface area contributed by atoms with Crippen LogP contribution in [0.1, 0.15) is 41.4 Å². The Morgan fingerprint density at radius 1 is 1.09 bits per heavy atom. The van der Waals surface area contributed by atoms with Gasteiger partial charge in [-0.15, -0.1) is 0 Å². The van der Waals surface area contributed by atoms with Crippen LogP contribution in [-0.4, -0.2) is 24.0 Å². The third kappa shape index (κ3) is 2.71. The van der Waals surface area contributed by atoms with Crippen LogP contribution >= 0.6 is 0 Å². The summed E-state index contributed by atoms with van der Waals surface area (Å²) in [6, 6.07) is 16.0. The zero-order valence-electron chi connectivity index (χ0n) is 13.2. The summed E-state index contributed by atoms with van der Waals surface area (Å²) in [5.41, 5.74) is 3.08. The third-order valence-corrected chi connectivity index (χ3v) is 4.09. The molecule has 0 fully saturated rings. The van der Waals surface area contributed by atoms with Gasteiger partial charge in [0.1, 0.15) is 5.75 Å². The highest BCUT2D eigenvalue weighted by atomic mass is 16.5. The quantitative estimate of drug-likeness (QED) is 0.861. The first-order valence-corrected chi connectivity index (χ1v) is 7.68. The minimum absolute atomic E-state index is 0.0792. The van der Waals surface area contributed by atoms with E-state index in [4.69, 9.17) is 4.74 Å². The van der Waals surface area contributed by atoms with Gasteiger partial charge in [-0.25, -0.2) is 0 Å². The van der Waals surface area contributed by atoms with E-state index < -0.39 is 0 Å². The van der Waals surface area contributed by atoms with Crippen LogP contribution in [0.4, 0.5) is 0 Å². The van der Waals surface area contributed by atoms with Crippen molar-refractivity contribution >= 4 is 5.91 Å². The summed E-state index contributed by atoms with van der Waals surface area (Å²) in [6.45, 7) is 4.02. The van der Waals surface area contributed by atoms with Gasteiger partial charge in [-0.1, -0.05) is 30.3 Å². The monoisotopic (exact) mass is 295 g/mol. The molecule has 0 aliphatic carbocycles. The summed E-state index contributed by atoms with van der Waals surface area (Å²) in [6.07, 6.45) is 1.01. The lowest BCUT2D eigenvalue weighted by atomic mass is 9.90.